The van der Waals surface area contributed by atoms with E-state index in [-0.39, 0.29) is 0 Å². The molecule has 0 amide bonds. The molecule has 0 radical (unpaired) electrons. The Balaban J connectivity index is 1.80. The first-order chi connectivity index (χ1) is 7.25. The van der Waals surface area contributed by atoms with Crippen LogP contribution in [0.25, 0.3) is 0 Å². The number of rotatable bonds is 5. The van der Waals surface area contributed by atoms with Gasteiger partial charge < -0.3 is 10.2 Å². The fourth-order valence-corrected chi connectivity index (χ4v) is 1.58. The van der Waals surface area contributed by atoms with Gasteiger partial charge in [-0.25, -0.2) is 4.98 Å². The van der Waals surface area contributed by atoms with Gasteiger partial charge >= 0.3 is 0 Å². The second kappa shape index (κ2) is 4.62. The molecule has 3 nitrogen and oxygen atoms in total. The van der Waals surface area contributed by atoms with Crippen molar-refractivity contribution in [3.05, 3.63) is 23.9 Å². The largest absolute Gasteiger partial charge is 0.358 e. The molecule has 0 unspecified atom stereocenters. The van der Waals surface area contributed by atoms with Crippen LogP contribution in [0, 0.1) is 6.92 Å². The summed E-state index contributed by atoms with van der Waals surface area (Å²) in [5.41, 5.74) is 1.08. The maximum Gasteiger partial charge on any atom is 0.128 e. The maximum absolute atomic E-state index is 4.48. The first-order valence-corrected chi connectivity index (χ1v) is 5.64. The highest BCUT2D eigenvalue weighted by Crippen LogP contribution is 2.18. The van der Waals surface area contributed by atoms with Gasteiger partial charge in [-0.3, -0.25) is 0 Å². The fraction of sp³-hybridized carbons (Fsp3) is 0.583. The lowest BCUT2D eigenvalue weighted by Crippen LogP contribution is -2.30. The van der Waals surface area contributed by atoms with Crippen molar-refractivity contribution in [2.75, 3.05) is 25.0 Å². The van der Waals surface area contributed by atoms with Crippen LogP contribution >= 0.6 is 0 Å². The van der Waals surface area contributed by atoms with E-state index in [1.54, 1.807) is 0 Å². The van der Waals surface area contributed by atoms with Crippen LogP contribution in [0.4, 0.5) is 5.82 Å². The maximum atomic E-state index is 4.48. The van der Waals surface area contributed by atoms with Crippen LogP contribution in [0.1, 0.15) is 18.5 Å². The number of nitrogens with zero attached hydrogens (tertiary/aromatic N) is 2. The number of anilines is 1. The molecule has 1 aromatic rings. The van der Waals surface area contributed by atoms with Gasteiger partial charge in [-0.2, -0.15) is 0 Å². The number of hydrogen-bond acceptors (Lipinski definition) is 3. The Morgan fingerprint density at radius 1 is 1.47 bits per heavy atom. The monoisotopic (exact) mass is 205 g/mol. The first-order valence-electron chi connectivity index (χ1n) is 5.64. The second-order valence-corrected chi connectivity index (χ2v) is 4.29. The van der Waals surface area contributed by atoms with E-state index in [0.717, 1.165) is 30.6 Å². The van der Waals surface area contributed by atoms with Crippen molar-refractivity contribution in [1.82, 2.24) is 10.3 Å². The molecule has 0 aliphatic heterocycles. The Morgan fingerprint density at radius 2 is 2.27 bits per heavy atom. The van der Waals surface area contributed by atoms with E-state index < -0.39 is 0 Å². The molecule has 1 aliphatic rings. The summed E-state index contributed by atoms with van der Waals surface area (Å²) in [6, 6.07) is 6.94. The van der Waals surface area contributed by atoms with Crippen molar-refractivity contribution < 1.29 is 0 Å². The normalized spacial score (nSPS) is 15.3. The van der Waals surface area contributed by atoms with E-state index in [2.05, 4.69) is 34.4 Å². The number of pyridine rings is 1. The Bertz CT molecular complexity index is 320. The van der Waals surface area contributed by atoms with Crippen LogP contribution in [-0.4, -0.2) is 31.2 Å². The quantitative estimate of drug-likeness (QED) is 0.791. The molecule has 1 N–H and O–H groups in total. The van der Waals surface area contributed by atoms with Crippen molar-refractivity contribution in [1.29, 1.82) is 0 Å². The van der Waals surface area contributed by atoms with Gasteiger partial charge in [0.1, 0.15) is 5.82 Å². The van der Waals surface area contributed by atoms with Crippen LogP contribution < -0.4 is 10.2 Å². The third-order valence-corrected chi connectivity index (χ3v) is 2.72. The highest BCUT2D eigenvalue weighted by molar-refractivity contribution is 5.37. The van der Waals surface area contributed by atoms with Crippen molar-refractivity contribution in [2.24, 2.45) is 0 Å². The van der Waals surface area contributed by atoms with E-state index in [4.69, 9.17) is 0 Å². The zero-order valence-electron chi connectivity index (χ0n) is 9.53. The number of nitrogens with one attached hydrogen (secondary N) is 1. The summed E-state index contributed by atoms with van der Waals surface area (Å²) >= 11 is 0. The Hall–Kier alpha value is -1.09. The molecule has 3 heteroatoms. The van der Waals surface area contributed by atoms with E-state index >= 15 is 0 Å². The van der Waals surface area contributed by atoms with Crippen LogP contribution in [0.2, 0.25) is 0 Å². The molecule has 1 aromatic heterocycles. The number of aromatic nitrogens is 1. The molecule has 2 rings (SSSR count). The molecule has 0 bridgehead atoms. The van der Waals surface area contributed by atoms with Gasteiger partial charge in [-0.05, 0) is 31.9 Å². The van der Waals surface area contributed by atoms with Gasteiger partial charge in [0.15, 0.2) is 0 Å². The van der Waals surface area contributed by atoms with Gasteiger partial charge in [-0.15, -0.1) is 0 Å². The molecular weight excluding hydrogens is 186 g/mol. The average Bonchev–Trinajstić information content (AvgIpc) is 3.01. The summed E-state index contributed by atoms with van der Waals surface area (Å²) in [5.74, 6) is 1.06. The number of hydrogen-bond donors (Lipinski definition) is 1. The minimum absolute atomic E-state index is 0.795. The minimum Gasteiger partial charge on any atom is -0.358 e. The van der Waals surface area contributed by atoms with Gasteiger partial charge in [-0.1, -0.05) is 6.07 Å². The molecule has 0 aromatic carbocycles. The molecule has 15 heavy (non-hydrogen) atoms. The van der Waals surface area contributed by atoms with E-state index in [1.165, 1.54) is 12.8 Å². The molecule has 1 saturated carbocycles. The number of aryl methyl sites for hydroxylation is 1. The Morgan fingerprint density at radius 3 is 2.93 bits per heavy atom. The molecule has 0 spiro atoms. The molecular formula is C12H19N3. The zero-order chi connectivity index (χ0) is 10.7. The molecule has 1 heterocycles. The lowest BCUT2D eigenvalue weighted by molar-refractivity contribution is 0.672. The van der Waals surface area contributed by atoms with Crippen molar-refractivity contribution >= 4 is 5.82 Å². The predicted octanol–water partition coefficient (Wildman–Crippen LogP) is 1.58. The van der Waals surface area contributed by atoms with Crippen LogP contribution in [0.3, 0.4) is 0 Å². The molecule has 0 atom stereocenters. The molecule has 1 aliphatic carbocycles. The SMILES string of the molecule is Cc1cccc(N(C)CCNC2CC2)n1. The standard InChI is InChI=1S/C12H19N3/c1-10-4-3-5-12(14-10)15(2)9-8-13-11-6-7-11/h3-5,11,13H,6-9H2,1-2H3. The summed E-state index contributed by atoms with van der Waals surface area (Å²) in [7, 11) is 2.09. The number of likely N-dealkylation sites (N-methyl/N-ethyl adjacent to an activating group) is 1. The van der Waals surface area contributed by atoms with Gasteiger partial charge in [0, 0.05) is 31.9 Å². The van der Waals surface area contributed by atoms with E-state index in [0.29, 0.717) is 0 Å². The Labute approximate surface area is 91.5 Å². The third-order valence-electron chi connectivity index (χ3n) is 2.72. The third kappa shape index (κ3) is 3.20. The first kappa shape index (κ1) is 10.4. The lowest BCUT2D eigenvalue weighted by atomic mass is 10.3. The summed E-state index contributed by atoms with van der Waals surface area (Å²) in [6.07, 6.45) is 2.71. The van der Waals surface area contributed by atoms with Crippen LogP contribution in [-0.2, 0) is 0 Å². The summed E-state index contributed by atoms with van der Waals surface area (Å²) in [5, 5.41) is 3.50. The van der Waals surface area contributed by atoms with Crippen molar-refractivity contribution in [2.45, 2.75) is 25.8 Å². The van der Waals surface area contributed by atoms with Crippen molar-refractivity contribution in [3.63, 3.8) is 0 Å². The smallest absolute Gasteiger partial charge is 0.128 e. The summed E-state index contributed by atoms with van der Waals surface area (Å²) in [6.45, 7) is 4.10. The van der Waals surface area contributed by atoms with E-state index in [9.17, 15) is 0 Å². The van der Waals surface area contributed by atoms with E-state index in [1.807, 2.05) is 13.0 Å². The zero-order valence-corrected chi connectivity index (χ0v) is 9.53. The molecule has 1 fully saturated rings. The highest BCUT2D eigenvalue weighted by Gasteiger charge is 2.19. The van der Waals surface area contributed by atoms with Crippen LogP contribution in [0.5, 0.6) is 0 Å². The topological polar surface area (TPSA) is 28.2 Å². The lowest BCUT2D eigenvalue weighted by Gasteiger charge is -2.18. The van der Waals surface area contributed by atoms with Gasteiger partial charge in [0.25, 0.3) is 0 Å². The highest BCUT2D eigenvalue weighted by atomic mass is 15.2. The molecule has 82 valence electrons. The van der Waals surface area contributed by atoms with Crippen molar-refractivity contribution in [3.8, 4) is 0 Å². The second-order valence-electron chi connectivity index (χ2n) is 4.29. The average molecular weight is 205 g/mol. The molecule has 0 saturated heterocycles. The minimum atomic E-state index is 0.795. The van der Waals surface area contributed by atoms with Gasteiger partial charge in [0.05, 0.1) is 0 Å². The van der Waals surface area contributed by atoms with Crippen LogP contribution in [0.15, 0.2) is 18.2 Å². The Kier molecular flexibility index (Phi) is 3.21. The fourth-order valence-electron chi connectivity index (χ4n) is 1.58. The van der Waals surface area contributed by atoms with Gasteiger partial charge in [0.2, 0.25) is 0 Å². The summed E-state index contributed by atoms with van der Waals surface area (Å²) < 4.78 is 0. The summed E-state index contributed by atoms with van der Waals surface area (Å²) in [4.78, 5) is 6.68. The predicted molar refractivity (Wildman–Crippen MR) is 63.3 cm³/mol.